The van der Waals surface area contributed by atoms with Crippen LogP contribution in [0.5, 0.6) is 0 Å². The maximum Gasteiger partial charge on any atom is 0.420 e. The molecule has 0 fully saturated rings. The van der Waals surface area contributed by atoms with Crippen LogP contribution < -0.4 is 0 Å². The number of nitrogens with zero attached hydrogens (tertiary/aromatic N) is 1. The maximum atomic E-state index is 12.6. The quantitative estimate of drug-likeness (QED) is 0.522. The van der Waals surface area contributed by atoms with Gasteiger partial charge in [-0.2, -0.15) is 4.90 Å². The van der Waals surface area contributed by atoms with E-state index in [9.17, 15) is 19.2 Å². The number of hydrogen-bond donors (Lipinski definition) is 0. The lowest BCUT2D eigenvalue weighted by atomic mass is 10.0. The SMILES string of the molecule is COC(=O)[C@@H](C)C[C@@H](C(=O)OC)N(C(=O)OC(C)(C)C)C(=O)OC(C)(C)C. The standard InChI is InChI=1S/C18H31NO8/c1-11(13(20)24-8)10-12(14(21)25-9)19(15(22)26-17(2,3)4)16(23)27-18(5,6)7/h11-12H,10H2,1-9H3/t11-,12-/m0/s1. The second-order valence-corrected chi connectivity index (χ2v) is 8.03. The lowest BCUT2D eigenvalue weighted by molar-refractivity contribution is -0.150. The first-order valence-electron chi connectivity index (χ1n) is 8.53. The van der Waals surface area contributed by atoms with Crippen molar-refractivity contribution in [3.05, 3.63) is 0 Å². The molecule has 27 heavy (non-hydrogen) atoms. The second kappa shape index (κ2) is 9.57. The highest BCUT2D eigenvalue weighted by molar-refractivity contribution is 5.94. The number of carbonyl (C=O) groups is 4. The summed E-state index contributed by atoms with van der Waals surface area (Å²) in [6.07, 6.45) is -2.37. The van der Waals surface area contributed by atoms with Gasteiger partial charge in [0.25, 0.3) is 0 Å². The normalized spacial score (nSPS) is 13.8. The maximum absolute atomic E-state index is 12.6. The van der Waals surface area contributed by atoms with E-state index in [1.807, 2.05) is 0 Å². The summed E-state index contributed by atoms with van der Waals surface area (Å²) in [7, 11) is 2.31. The third kappa shape index (κ3) is 8.74. The molecule has 0 unspecified atom stereocenters. The van der Waals surface area contributed by atoms with Crippen molar-refractivity contribution in [2.24, 2.45) is 5.92 Å². The molecule has 2 atom stereocenters. The van der Waals surface area contributed by atoms with E-state index < -0.39 is 47.3 Å². The van der Waals surface area contributed by atoms with Crippen molar-refractivity contribution in [1.29, 1.82) is 0 Å². The van der Waals surface area contributed by atoms with Gasteiger partial charge in [0.05, 0.1) is 20.1 Å². The van der Waals surface area contributed by atoms with Crippen LogP contribution in [0.1, 0.15) is 54.9 Å². The number of rotatable bonds is 5. The van der Waals surface area contributed by atoms with Crippen molar-refractivity contribution in [2.75, 3.05) is 14.2 Å². The molecule has 0 aliphatic heterocycles. The van der Waals surface area contributed by atoms with E-state index in [2.05, 4.69) is 4.74 Å². The van der Waals surface area contributed by atoms with Gasteiger partial charge in [0.15, 0.2) is 0 Å². The van der Waals surface area contributed by atoms with Crippen molar-refractivity contribution in [3.8, 4) is 0 Å². The van der Waals surface area contributed by atoms with Gasteiger partial charge in [0, 0.05) is 0 Å². The van der Waals surface area contributed by atoms with Gasteiger partial charge in [-0.15, -0.1) is 0 Å². The minimum atomic E-state index is -1.42. The second-order valence-electron chi connectivity index (χ2n) is 8.03. The van der Waals surface area contributed by atoms with Crippen LogP contribution >= 0.6 is 0 Å². The highest BCUT2D eigenvalue weighted by Crippen LogP contribution is 2.21. The molecule has 0 aromatic heterocycles. The molecule has 2 amide bonds. The first kappa shape index (κ1) is 24.7. The minimum absolute atomic E-state index is 0.210. The number of amides is 2. The zero-order valence-electron chi connectivity index (χ0n) is 17.6. The van der Waals surface area contributed by atoms with E-state index in [0.29, 0.717) is 4.90 Å². The molecule has 0 bridgehead atoms. The molecule has 0 aromatic rings. The first-order chi connectivity index (χ1) is 12.1. The molecular formula is C18H31NO8. The third-order valence-electron chi connectivity index (χ3n) is 3.15. The van der Waals surface area contributed by atoms with Gasteiger partial charge < -0.3 is 18.9 Å². The van der Waals surface area contributed by atoms with Gasteiger partial charge in [-0.3, -0.25) is 4.79 Å². The lowest BCUT2D eigenvalue weighted by Crippen LogP contribution is -2.53. The fourth-order valence-electron chi connectivity index (χ4n) is 2.03. The number of methoxy groups -OCH3 is 2. The Morgan fingerprint density at radius 1 is 0.778 bits per heavy atom. The first-order valence-corrected chi connectivity index (χ1v) is 8.53. The zero-order chi connectivity index (χ0) is 21.6. The van der Waals surface area contributed by atoms with Crippen molar-refractivity contribution in [3.63, 3.8) is 0 Å². The number of ether oxygens (including phenoxy) is 4. The monoisotopic (exact) mass is 389 g/mol. The van der Waals surface area contributed by atoms with E-state index in [-0.39, 0.29) is 6.42 Å². The van der Waals surface area contributed by atoms with Crippen LogP contribution in [-0.2, 0) is 28.5 Å². The van der Waals surface area contributed by atoms with Crippen molar-refractivity contribution >= 4 is 24.1 Å². The summed E-state index contributed by atoms with van der Waals surface area (Å²) >= 11 is 0. The van der Waals surface area contributed by atoms with Crippen LogP contribution in [0.2, 0.25) is 0 Å². The Morgan fingerprint density at radius 3 is 1.44 bits per heavy atom. The highest BCUT2D eigenvalue weighted by atomic mass is 16.6. The Balaban J connectivity index is 5.95. The van der Waals surface area contributed by atoms with E-state index in [4.69, 9.17) is 14.2 Å². The molecule has 0 aromatic carbocycles. The summed E-state index contributed by atoms with van der Waals surface area (Å²) in [5, 5.41) is 0. The van der Waals surface area contributed by atoms with E-state index in [1.165, 1.54) is 14.0 Å². The molecule has 0 aliphatic carbocycles. The lowest BCUT2D eigenvalue weighted by Gasteiger charge is -2.32. The molecule has 0 aliphatic rings. The average Bonchev–Trinajstić information content (AvgIpc) is 2.48. The summed E-state index contributed by atoms with van der Waals surface area (Å²) in [4.78, 5) is 49.9. The van der Waals surface area contributed by atoms with Crippen molar-refractivity contribution < 1.29 is 38.1 Å². The summed E-state index contributed by atoms with van der Waals surface area (Å²) in [6, 6.07) is -1.42. The molecular weight excluding hydrogens is 358 g/mol. The van der Waals surface area contributed by atoms with Gasteiger partial charge in [-0.25, -0.2) is 14.4 Å². The summed E-state index contributed by atoms with van der Waals surface area (Å²) in [6.45, 7) is 11.2. The Labute approximate surface area is 160 Å². The topological polar surface area (TPSA) is 108 Å². The van der Waals surface area contributed by atoms with Crippen molar-refractivity contribution in [1.82, 2.24) is 4.90 Å². The molecule has 156 valence electrons. The Morgan fingerprint density at radius 2 is 1.15 bits per heavy atom. The van der Waals surface area contributed by atoms with E-state index >= 15 is 0 Å². The van der Waals surface area contributed by atoms with Crippen LogP contribution in [0.4, 0.5) is 9.59 Å². The molecule has 0 spiro atoms. The summed E-state index contributed by atoms with van der Waals surface area (Å²) in [5.41, 5.74) is -1.85. The third-order valence-corrected chi connectivity index (χ3v) is 3.15. The Bertz CT molecular complexity index is 531. The molecule has 0 saturated carbocycles. The van der Waals surface area contributed by atoms with Crippen molar-refractivity contribution in [2.45, 2.75) is 72.1 Å². The van der Waals surface area contributed by atoms with Gasteiger partial charge in [-0.1, -0.05) is 6.92 Å². The minimum Gasteiger partial charge on any atom is -0.469 e. The van der Waals surface area contributed by atoms with Gasteiger partial charge in [0.2, 0.25) is 0 Å². The number of imide groups is 1. The predicted molar refractivity (Wildman–Crippen MR) is 95.9 cm³/mol. The molecule has 0 saturated heterocycles. The molecule has 0 rings (SSSR count). The molecule has 0 heterocycles. The van der Waals surface area contributed by atoms with Crippen LogP contribution in [-0.4, -0.2) is 60.5 Å². The fourth-order valence-corrected chi connectivity index (χ4v) is 2.03. The van der Waals surface area contributed by atoms with Crippen LogP contribution in [0.25, 0.3) is 0 Å². The molecule has 0 N–H and O–H groups in total. The Hall–Kier alpha value is -2.32. The predicted octanol–water partition coefficient (Wildman–Crippen LogP) is 2.90. The number of hydrogen-bond acceptors (Lipinski definition) is 8. The summed E-state index contributed by atoms with van der Waals surface area (Å²) in [5.74, 6) is -2.27. The van der Waals surface area contributed by atoms with Gasteiger partial charge in [0.1, 0.15) is 17.2 Å². The average molecular weight is 389 g/mol. The van der Waals surface area contributed by atoms with Gasteiger partial charge in [-0.05, 0) is 48.0 Å². The Kier molecular flexibility index (Phi) is 8.75. The molecule has 9 nitrogen and oxygen atoms in total. The summed E-state index contributed by atoms with van der Waals surface area (Å²) < 4.78 is 19.8. The zero-order valence-corrected chi connectivity index (χ0v) is 17.6. The van der Waals surface area contributed by atoms with Crippen LogP contribution in [0.3, 0.4) is 0 Å². The molecule has 9 heteroatoms. The fraction of sp³-hybridized carbons (Fsp3) is 0.778. The van der Waals surface area contributed by atoms with E-state index in [0.717, 1.165) is 7.11 Å². The largest absolute Gasteiger partial charge is 0.469 e. The smallest absolute Gasteiger partial charge is 0.420 e. The number of esters is 2. The molecule has 0 radical (unpaired) electrons. The van der Waals surface area contributed by atoms with Crippen LogP contribution in [0, 0.1) is 5.92 Å². The number of carbonyl (C=O) groups excluding carboxylic acids is 4. The highest BCUT2D eigenvalue weighted by Gasteiger charge is 2.42. The van der Waals surface area contributed by atoms with E-state index in [1.54, 1.807) is 41.5 Å². The van der Waals surface area contributed by atoms with Crippen LogP contribution in [0.15, 0.2) is 0 Å². The van der Waals surface area contributed by atoms with Gasteiger partial charge >= 0.3 is 24.1 Å².